The summed E-state index contributed by atoms with van der Waals surface area (Å²) in [5.41, 5.74) is -0.234. The van der Waals surface area contributed by atoms with Crippen LogP contribution >= 0.6 is 0 Å². The molecule has 0 spiro atoms. The Labute approximate surface area is 145 Å². The lowest BCUT2D eigenvalue weighted by Crippen LogP contribution is -2.49. The van der Waals surface area contributed by atoms with Gasteiger partial charge in [0, 0.05) is 19.0 Å². The zero-order valence-electron chi connectivity index (χ0n) is 15.3. The standard InChI is InChI=1S/C17H24N2O3.C2H6/c1-17(16(20)18-2)7-9-19(10-8-17)11-13-12-21-14-5-3-4-6-15(14)22-13;1-2/h3-6,13H,7-12H2,1-2H3,(H,18,20);1-2H3/t13-;/m0./s1. The summed E-state index contributed by atoms with van der Waals surface area (Å²) < 4.78 is 11.8. The van der Waals surface area contributed by atoms with Crippen molar-refractivity contribution in [3.05, 3.63) is 24.3 Å². The van der Waals surface area contributed by atoms with Crippen molar-refractivity contribution in [1.29, 1.82) is 0 Å². The van der Waals surface area contributed by atoms with Crippen molar-refractivity contribution in [1.82, 2.24) is 10.2 Å². The first-order valence-electron chi connectivity index (χ1n) is 8.94. The van der Waals surface area contributed by atoms with Crippen molar-refractivity contribution in [2.75, 3.05) is 33.3 Å². The van der Waals surface area contributed by atoms with Gasteiger partial charge in [-0.25, -0.2) is 0 Å². The van der Waals surface area contributed by atoms with Gasteiger partial charge in [-0.05, 0) is 38.1 Å². The fourth-order valence-corrected chi connectivity index (χ4v) is 3.20. The Morgan fingerprint density at radius 3 is 2.50 bits per heavy atom. The highest BCUT2D eigenvalue weighted by Gasteiger charge is 2.37. The summed E-state index contributed by atoms with van der Waals surface area (Å²) >= 11 is 0. The highest BCUT2D eigenvalue weighted by atomic mass is 16.6. The number of carbonyl (C=O) groups is 1. The maximum absolute atomic E-state index is 11.9. The molecule has 134 valence electrons. The first-order valence-corrected chi connectivity index (χ1v) is 8.94. The van der Waals surface area contributed by atoms with E-state index in [1.54, 1.807) is 7.05 Å². The van der Waals surface area contributed by atoms with Crippen molar-refractivity contribution in [2.24, 2.45) is 5.41 Å². The number of ether oxygens (including phenoxy) is 2. The number of nitrogens with zero attached hydrogens (tertiary/aromatic N) is 1. The monoisotopic (exact) mass is 334 g/mol. The van der Waals surface area contributed by atoms with E-state index >= 15 is 0 Å². The number of rotatable bonds is 3. The molecule has 0 saturated carbocycles. The van der Waals surface area contributed by atoms with Crippen molar-refractivity contribution in [3.8, 4) is 11.5 Å². The van der Waals surface area contributed by atoms with Crippen LogP contribution in [0.4, 0.5) is 0 Å². The highest BCUT2D eigenvalue weighted by molar-refractivity contribution is 5.82. The molecule has 0 radical (unpaired) electrons. The Morgan fingerprint density at radius 1 is 1.25 bits per heavy atom. The van der Waals surface area contributed by atoms with Crippen molar-refractivity contribution < 1.29 is 14.3 Å². The van der Waals surface area contributed by atoms with Crippen LogP contribution in [0.3, 0.4) is 0 Å². The molecule has 1 saturated heterocycles. The molecule has 0 unspecified atom stereocenters. The number of hydrogen-bond donors (Lipinski definition) is 1. The summed E-state index contributed by atoms with van der Waals surface area (Å²) in [5.74, 6) is 1.80. The molecule has 3 rings (SSSR count). The molecule has 1 N–H and O–H groups in total. The van der Waals surface area contributed by atoms with Crippen LogP contribution in [0, 0.1) is 5.41 Å². The van der Waals surface area contributed by atoms with E-state index in [1.165, 1.54) is 0 Å². The summed E-state index contributed by atoms with van der Waals surface area (Å²) in [4.78, 5) is 14.3. The van der Waals surface area contributed by atoms with Crippen LogP contribution in [-0.4, -0.2) is 50.2 Å². The Balaban J connectivity index is 0.00000100. The molecular weight excluding hydrogens is 304 g/mol. The number of hydrogen-bond acceptors (Lipinski definition) is 4. The summed E-state index contributed by atoms with van der Waals surface area (Å²) in [6.45, 7) is 9.33. The van der Waals surface area contributed by atoms with E-state index < -0.39 is 0 Å². The zero-order chi connectivity index (χ0) is 17.6. The Kier molecular flexibility index (Phi) is 6.49. The number of piperidine rings is 1. The van der Waals surface area contributed by atoms with Gasteiger partial charge in [0.1, 0.15) is 12.7 Å². The van der Waals surface area contributed by atoms with Gasteiger partial charge in [0.05, 0.1) is 0 Å². The van der Waals surface area contributed by atoms with Gasteiger partial charge in [0.25, 0.3) is 0 Å². The lowest BCUT2D eigenvalue weighted by atomic mass is 9.79. The molecule has 1 aromatic carbocycles. The van der Waals surface area contributed by atoms with Crippen LogP contribution in [0.1, 0.15) is 33.6 Å². The number of para-hydroxylation sites is 2. The van der Waals surface area contributed by atoms with Crippen LogP contribution in [0.25, 0.3) is 0 Å². The average molecular weight is 334 g/mol. The molecule has 1 amide bonds. The van der Waals surface area contributed by atoms with Crippen LogP contribution in [0.15, 0.2) is 24.3 Å². The molecule has 0 aromatic heterocycles. The first kappa shape index (κ1) is 18.6. The maximum atomic E-state index is 11.9. The third kappa shape index (κ3) is 4.20. The van der Waals surface area contributed by atoms with E-state index in [4.69, 9.17) is 9.47 Å². The molecule has 2 aliphatic rings. The van der Waals surface area contributed by atoms with Gasteiger partial charge in [0.15, 0.2) is 11.5 Å². The van der Waals surface area contributed by atoms with Crippen LogP contribution in [0.2, 0.25) is 0 Å². The second kappa shape index (κ2) is 8.38. The number of likely N-dealkylation sites (tertiary alicyclic amines) is 1. The number of fused-ring (bicyclic) bond motifs is 1. The van der Waals surface area contributed by atoms with E-state index in [1.807, 2.05) is 38.1 Å². The largest absolute Gasteiger partial charge is 0.486 e. The van der Waals surface area contributed by atoms with E-state index in [0.717, 1.165) is 44.0 Å². The van der Waals surface area contributed by atoms with Crippen LogP contribution < -0.4 is 14.8 Å². The van der Waals surface area contributed by atoms with E-state index in [-0.39, 0.29) is 17.4 Å². The van der Waals surface area contributed by atoms with E-state index in [9.17, 15) is 4.79 Å². The Hall–Kier alpha value is -1.75. The molecule has 1 fully saturated rings. The van der Waals surface area contributed by atoms with Gasteiger partial charge in [0.2, 0.25) is 5.91 Å². The summed E-state index contributed by atoms with van der Waals surface area (Å²) in [6.07, 6.45) is 1.83. The fraction of sp³-hybridized carbons (Fsp3) is 0.632. The van der Waals surface area contributed by atoms with Crippen molar-refractivity contribution in [3.63, 3.8) is 0 Å². The zero-order valence-corrected chi connectivity index (χ0v) is 15.3. The predicted octanol–water partition coefficient (Wildman–Crippen LogP) is 2.70. The molecule has 0 bridgehead atoms. The van der Waals surface area contributed by atoms with Gasteiger partial charge in [-0.1, -0.05) is 32.9 Å². The average Bonchev–Trinajstić information content (AvgIpc) is 2.64. The van der Waals surface area contributed by atoms with Gasteiger partial charge in [-0.2, -0.15) is 0 Å². The van der Waals surface area contributed by atoms with Gasteiger partial charge >= 0.3 is 0 Å². The fourth-order valence-electron chi connectivity index (χ4n) is 3.20. The SMILES string of the molecule is CC.CNC(=O)C1(C)CCN(C[C@H]2COc3ccccc3O2)CC1. The van der Waals surface area contributed by atoms with Crippen molar-refractivity contribution >= 4 is 5.91 Å². The molecule has 24 heavy (non-hydrogen) atoms. The minimum Gasteiger partial charge on any atom is -0.486 e. The maximum Gasteiger partial charge on any atom is 0.225 e. The smallest absolute Gasteiger partial charge is 0.225 e. The molecule has 5 nitrogen and oxygen atoms in total. The predicted molar refractivity (Wildman–Crippen MR) is 95.5 cm³/mol. The summed E-state index contributed by atoms with van der Waals surface area (Å²) in [7, 11) is 1.71. The molecule has 2 heterocycles. The van der Waals surface area contributed by atoms with E-state index in [0.29, 0.717) is 6.61 Å². The number of benzene rings is 1. The lowest BCUT2D eigenvalue weighted by Gasteiger charge is -2.39. The normalized spacial score (nSPS) is 22.1. The van der Waals surface area contributed by atoms with E-state index in [2.05, 4.69) is 17.1 Å². The third-order valence-electron chi connectivity index (χ3n) is 4.76. The Morgan fingerprint density at radius 2 is 1.88 bits per heavy atom. The number of carbonyl (C=O) groups excluding carboxylic acids is 1. The van der Waals surface area contributed by atoms with Gasteiger partial charge < -0.3 is 14.8 Å². The lowest BCUT2D eigenvalue weighted by molar-refractivity contribution is -0.132. The second-order valence-corrected chi connectivity index (χ2v) is 6.44. The van der Waals surface area contributed by atoms with Gasteiger partial charge in [-0.15, -0.1) is 0 Å². The second-order valence-electron chi connectivity index (χ2n) is 6.44. The highest BCUT2D eigenvalue weighted by Crippen LogP contribution is 2.33. The third-order valence-corrected chi connectivity index (χ3v) is 4.76. The molecule has 0 aliphatic carbocycles. The molecule has 1 atom stereocenters. The first-order chi connectivity index (χ1) is 11.6. The topological polar surface area (TPSA) is 50.8 Å². The Bertz CT molecular complexity index is 539. The molecular formula is C19H30N2O3. The number of amides is 1. The van der Waals surface area contributed by atoms with Crippen molar-refractivity contribution in [2.45, 2.75) is 39.7 Å². The summed E-state index contributed by atoms with van der Waals surface area (Å²) in [5, 5.41) is 2.78. The quantitative estimate of drug-likeness (QED) is 0.923. The van der Waals surface area contributed by atoms with Gasteiger partial charge in [-0.3, -0.25) is 9.69 Å². The molecule has 5 heteroatoms. The summed E-state index contributed by atoms with van der Waals surface area (Å²) in [6, 6.07) is 7.79. The minimum atomic E-state index is -0.234. The van der Waals surface area contributed by atoms with Crippen LogP contribution in [0.5, 0.6) is 11.5 Å². The minimum absolute atomic E-state index is 0.0549. The number of nitrogens with one attached hydrogen (secondary N) is 1. The molecule has 1 aromatic rings. The van der Waals surface area contributed by atoms with Crippen LogP contribution in [-0.2, 0) is 4.79 Å². The molecule has 2 aliphatic heterocycles.